The van der Waals surface area contributed by atoms with Gasteiger partial charge in [0.1, 0.15) is 11.6 Å². The summed E-state index contributed by atoms with van der Waals surface area (Å²) >= 11 is 0. The maximum Gasteiger partial charge on any atom is 0.305 e. The minimum atomic E-state index is -0.846. The molecular formula is C13H19N3O4. The van der Waals surface area contributed by atoms with Gasteiger partial charge in [0.15, 0.2) is 0 Å². The van der Waals surface area contributed by atoms with Crippen LogP contribution in [0.4, 0.5) is 5.82 Å². The summed E-state index contributed by atoms with van der Waals surface area (Å²) in [7, 11) is 0. The van der Waals surface area contributed by atoms with Gasteiger partial charge in [-0.15, -0.1) is 0 Å². The van der Waals surface area contributed by atoms with Gasteiger partial charge in [-0.25, -0.2) is 4.98 Å². The molecule has 1 fully saturated rings. The number of carbonyl (C=O) groups is 1. The molecule has 2 heterocycles. The van der Waals surface area contributed by atoms with Crippen LogP contribution in [0.25, 0.3) is 0 Å². The fourth-order valence-corrected chi connectivity index (χ4v) is 2.22. The molecule has 1 aliphatic heterocycles. The Labute approximate surface area is 117 Å². The first kappa shape index (κ1) is 14.5. The first-order valence-electron chi connectivity index (χ1n) is 6.64. The SMILES string of the molecule is CCOc1cc(N2CCOCC2CC(=O)O)nc(C)n1. The third-order valence-electron chi connectivity index (χ3n) is 3.03. The molecule has 0 radical (unpaired) electrons. The summed E-state index contributed by atoms with van der Waals surface area (Å²) in [6.45, 7) is 5.76. The highest BCUT2D eigenvalue weighted by Gasteiger charge is 2.27. The molecule has 1 aromatic rings. The fraction of sp³-hybridized carbons (Fsp3) is 0.615. The molecule has 1 aliphatic rings. The van der Waals surface area contributed by atoms with Crippen molar-refractivity contribution >= 4 is 11.8 Å². The molecule has 1 aromatic heterocycles. The van der Waals surface area contributed by atoms with E-state index in [4.69, 9.17) is 14.6 Å². The largest absolute Gasteiger partial charge is 0.481 e. The highest BCUT2D eigenvalue weighted by Crippen LogP contribution is 2.23. The van der Waals surface area contributed by atoms with Crippen molar-refractivity contribution in [3.05, 3.63) is 11.9 Å². The van der Waals surface area contributed by atoms with Crippen molar-refractivity contribution in [2.75, 3.05) is 31.3 Å². The Balaban J connectivity index is 2.24. The average molecular weight is 281 g/mol. The molecule has 1 N–H and O–H groups in total. The summed E-state index contributed by atoms with van der Waals surface area (Å²) in [4.78, 5) is 21.5. The molecule has 0 aliphatic carbocycles. The topological polar surface area (TPSA) is 84.8 Å². The van der Waals surface area contributed by atoms with E-state index in [1.54, 1.807) is 13.0 Å². The second-order valence-electron chi connectivity index (χ2n) is 4.56. The monoisotopic (exact) mass is 281 g/mol. The van der Waals surface area contributed by atoms with Crippen LogP contribution in [0.15, 0.2) is 6.07 Å². The zero-order valence-electron chi connectivity index (χ0n) is 11.7. The van der Waals surface area contributed by atoms with E-state index < -0.39 is 5.97 Å². The van der Waals surface area contributed by atoms with Crippen LogP contribution in [-0.2, 0) is 9.53 Å². The molecule has 7 nitrogen and oxygen atoms in total. The number of hydrogen-bond donors (Lipinski definition) is 1. The van der Waals surface area contributed by atoms with E-state index in [0.717, 1.165) is 0 Å². The van der Waals surface area contributed by atoms with Crippen LogP contribution in [0.2, 0.25) is 0 Å². The lowest BCUT2D eigenvalue weighted by Gasteiger charge is -2.35. The third kappa shape index (κ3) is 3.57. The van der Waals surface area contributed by atoms with E-state index in [0.29, 0.717) is 43.9 Å². The molecule has 2 rings (SSSR count). The maximum absolute atomic E-state index is 10.9. The van der Waals surface area contributed by atoms with E-state index in [9.17, 15) is 4.79 Å². The van der Waals surface area contributed by atoms with Crippen LogP contribution < -0.4 is 9.64 Å². The maximum atomic E-state index is 10.9. The number of anilines is 1. The smallest absolute Gasteiger partial charge is 0.305 e. The van der Waals surface area contributed by atoms with Gasteiger partial charge in [-0.05, 0) is 13.8 Å². The molecule has 1 unspecified atom stereocenters. The Bertz CT molecular complexity index is 481. The van der Waals surface area contributed by atoms with E-state index in [1.807, 2.05) is 11.8 Å². The molecule has 0 amide bonds. The number of morpholine rings is 1. The van der Waals surface area contributed by atoms with E-state index in [2.05, 4.69) is 9.97 Å². The van der Waals surface area contributed by atoms with Gasteiger partial charge in [-0.3, -0.25) is 4.79 Å². The van der Waals surface area contributed by atoms with Crippen molar-refractivity contribution in [2.45, 2.75) is 26.3 Å². The van der Waals surface area contributed by atoms with Crippen LogP contribution in [0.5, 0.6) is 5.88 Å². The number of aryl methyl sites for hydroxylation is 1. The summed E-state index contributed by atoms with van der Waals surface area (Å²) in [5.74, 6) is 0.957. The first-order valence-corrected chi connectivity index (χ1v) is 6.64. The summed E-state index contributed by atoms with van der Waals surface area (Å²) in [6, 6.07) is 1.53. The second kappa shape index (κ2) is 6.51. The predicted molar refractivity (Wildman–Crippen MR) is 72.1 cm³/mol. The lowest BCUT2D eigenvalue weighted by atomic mass is 10.1. The van der Waals surface area contributed by atoms with Crippen LogP contribution in [0, 0.1) is 6.92 Å². The van der Waals surface area contributed by atoms with Crippen molar-refractivity contribution in [3.63, 3.8) is 0 Å². The van der Waals surface area contributed by atoms with Gasteiger partial charge in [0.25, 0.3) is 0 Å². The highest BCUT2D eigenvalue weighted by atomic mass is 16.5. The third-order valence-corrected chi connectivity index (χ3v) is 3.03. The zero-order valence-corrected chi connectivity index (χ0v) is 11.7. The Kier molecular flexibility index (Phi) is 4.73. The van der Waals surface area contributed by atoms with Crippen LogP contribution >= 0.6 is 0 Å². The lowest BCUT2D eigenvalue weighted by Crippen LogP contribution is -2.47. The Hall–Kier alpha value is -1.89. The van der Waals surface area contributed by atoms with Gasteiger partial charge in [0, 0.05) is 12.6 Å². The number of ether oxygens (including phenoxy) is 2. The molecule has 0 aromatic carbocycles. The molecule has 20 heavy (non-hydrogen) atoms. The Morgan fingerprint density at radius 1 is 1.60 bits per heavy atom. The number of carboxylic acids is 1. The van der Waals surface area contributed by atoms with Crippen molar-refractivity contribution in [2.24, 2.45) is 0 Å². The number of hydrogen-bond acceptors (Lipinski definition) is 6. The van der Waals surface area contributed by atoms with Crippen LogP contribution in [0.3, 0.4) is 0 Å². The Morgan fingerprint density at radius 2 is 2.40 bits per heavy atom. The van der Waals surface area contributed by atoms with Crippen molar-refractivity contribution in [1.29, 1.82) is 0 Å². The quantitative estimate of drug-likeness (QED) is 0.856. The highest BCUT2D eigenvalue weighted by molar-refractivity contribution is 5.68. The minimum Gasteiger partial charge on any atom is -0.481 e. The van der Waals surface area contributed by atoms with Gasteiger partial charge in [0.05, 0.1) is 32.3 Å². The van der Waals surface area contributed by atoms with Crippen molar-refractivity contribution in [3.8, 4) is 5.88 Å². The van der Waals surface area contributed by atoms with E-state index in [1.165, 1.54) is 0 Å². The zero-order chi connectivity index (χ0) is 14.5. The molecule has 7 heteroatoms. The molecule has 0 spiro atoms. The molecule has 1 atom stereocenters. The standard InChI is InChI=1S/C13H19N3O4/c1-3-20-12-7-11(14-9(2)15-12)16-4-5-19-8-10(16)6-13(17)18/h7,10H,3-6,8H2,1-2H3,(H,17,18). The van der Waals surface area contributed by atoms with Gasteiger partial charge < -0.3 is 19.5 Å². The summed E-state index contributed by atoms with van der Waals surface area (Å²) in [5.41, 5.74) is 0. The second-order valence-corrected chi connectivity index (χ2v) is 4.56. The number of aliphatic carboxylic acids is 1. The number of rotatable bonds is 5. The number of nitrogens with zero attached hydrogens (tertiary/aromatic N) is 3. The Morgan fingerprint density at radius 3 is 3.10 bits per heavy atom. The number of carboxylic acid groups (broad SMARTS) is 1. The summed E-state index contributed by atoms with van der Waals surface area (Å²) in [6.07, 6.45) is 0.0209. The van der Waals surface area contributed by atoms with Gasteiger partial charge >= 0.3 is 5.97 Å². The summed E-state index contributed by atoms with van der Waals surface area (Å²) < 4.78 is 10.8. The van der Waals surface area contributed by atoms with Crippen molar-refractivity contribution < 1.29 is 19.4 Å². The average Bonchev–Trinajstić information content (AvgIpc) is 2.38. The van der Waals surface area contributed by atoms with Gasteiger partial charge in [-0.2, -0.15) is 4.98 Å². The van der Waals surface area contributed by atoms with E-state index in [-0.39, 0.29) is 12.5 Å². The summed E-state index contributed by atoms with van der Waals surface area (Å²) in [5, 5.41) is 8.98. The van der Waals surface area contributed by atoms with Crippen LogP contribution in [-0.4, -0.2) is 53.5 Å². The molecule has 110 valence electrons. The van der Waals surface area contributed by atoms with Gasteiger partial charge in [0.2, 0.25) is 5.88 Å². The predicted octanol–water partition coefficient (Wildman–Crippen LogP) is 0.864. The van der Waals surface area contributed by atoms with Crippen molar-refractivity contribution in [1.82, 2.24) is 9.97 Å². The van der Waals surface area contributed by atoms with E-state index >= 15 is 0 Å². The first-order chi connectivity index (χ1) is 9.60. The normalized spacial score (nSPS) is 18.9. The molecular weight excluding hydrogens is 262 g/mol. The van der Waals surface area contributed by atoms with Crippen LogP contribution in [0.1, 0.15) is 19.2 Å². The number of aromatic nitrogens is 2. The van der Waals surface area contributed by atoms with Gasteiger partial charge in [-0.1, -0.05) is 0 Å². The fourth-order valence-electron chi connectivity index (χ4n) is 2.22. The molecule has 0 saturated carbocycles. The minimum absolute atomic E-state index is 0.0209. The molecule has 1 saturated heterocycles. The molecule has 0 bridgehead atoms. The lowest BCUT2D eigenvalue weighted by molar-refractivity contribution is -0.138.